The smallest absolute Gasteiger partial charge is 0.253 e. The number of piperidine rings is 1. The highest BCUT2D eigenvalue weighted by atomic mass is 19.1. The van der Waals surface area contributed by atoms with Crippen LogP contribution in [-0.4, -0.2) is 35.0 Å². The summed E-state index contributed by atoms with van der Waals surface area (Å²) in [6, 6.07) is 9.59. The van der Waals surface area contributed by atoms with Crippen molar-refractivity contribution in [3.63, 3.8) is 0 Å². The number of carbonyl (C=O) groups excluding carboxylic acids is 1. The molecule has 0 N–H and O–H groups in total. The van der Waals surface area contributed by atoms with Gasteiger partial charge in [0.2, 0.25) is 0 Å². The van der Waals surface area contributed by atoms with Gasteiger partial charge in [-0.1, -0.05) is 6.07 Å². The number of halogens is 1. The van der Waals surface area contributed by atoms with Crippen molar-refractivity contribution in [2.45, 2.75) is 18.9 Å². The van der Waals surface area contributed by atoms with Gasteiger partial charge in [0.25, 0.3) is 5.91 Å². The first-order valence-electron chi connectivity index (χ1n) is 7.34. The van der Waals surface area contributed by atoms with Gasteiger partial charge >= 0.3 is 0 Å². The number of nitrogens with zero attached hydrogens (tertiary/aromatic N) is 2. The van der Waals surface area contributed by atoms with Crippen LogP contribution in [0, 0.1) is 5.82 Å². The fourth-order valence-electron chi connectivity index (χ4n) is 2.59. The maximum absolute atomic E-state index is 13.1. The summed E-state index contributed by atoms with van der Waals surface area (Å²) in [6.45, 7) is 1.28. The van der Waals surface area contributed by atoms with Crippen LogP contribution in [0.25, 0.3) is 0 Å². The van der Waals surface area contributed by atoms with E-state index >= 15 is 0 Å². The van der Waals surface area contributed by atoms with Crippen molar-refractivity contribution in [1.82, 2.24) is 9.88 Å². The second-order valence-corrected chi connectivity index (χ2v) is 5.30. The average Bonchev–Trinajstić information content (AvgIpc) is 2.56. The Bertz CT molecular complexity index is 640. The Kier molecular flexibility index (Phi) is 4.32. The first-order valence-corrected chi connectivity index (χ1v) is 7.34. The summed E-state index contributed by atoms with van der Waals surface area (Å²) in [6.07, 6.45) is 4.74. The molecule has 1 fully saturated rings. The predicted molar refractivity (Wildman–Crippen MR) is 80.2 cm³/mol. The Morgan fingerprint density at radius 2 is 1.91 bits per heavy atom. The van der Waals surface area contributed by atoms with Crippen LogP contribution in [0.1, 0.15) is 23.2 Å². The number of aromatic nitrogens is 1. The van der Waals surface area contributed by atoms with E-state index in [2.05, 4.69) is 4.98 Å². The van der Waals surface area contributed by atoms with E-state index < -0.39 is 0 Å². The van der Waals surface area contributed by atoms with Crippen LogP contribution < -0.4 is 4.74 Å². The van der Waals surface area contributed by atoms with E-state index in [1.54, 1.807) is 36.7 Å². The molecule has 1 aliphatic heterocycles. The number of pyridine rings is 1. The van der Waals surface area contributed by atoms with Gasteiger partial charge < -0.3 is 9.64 Å². The van der Waals surface area contributed by atoms with Crippen molar-refractivity contribution in [2.75, 3.05) is 13.1 Å². The zero-order valence-corrected chi connectivity index (χ0v) is 12.1. The molecule has 1 saturated heterocycles. The average molecular weight is 300 g/mol. The third-order valence-electron chi connectivity index (χ3n) is 3.76. The van der Waals surface area contributed by atoms with Crippen LogP contribution in [0.15, 0.2) is 48.8 Å². The molecule has 4 nitrogen and oxygen atoms in total. The first-order chi connectivity index (χ1) is 10.7. The van der Waals surface area contributed by atoms with Gasteiger partial charge in [-0.3, -0.25) is 9.78 Å². The van der Waals surface area contributed by atoms with Gasteiger partial charge in [-0.2, -0.15) is 0 Å². The van der Waals surface area contributed by atoms with E-state index in [0.717, 1.165) is 12.8 Å². The number of amides is 1. The summed E-state index contributed by atoms with van der Waals surface area (Å²) < 4.78 is 18.9. The van der Waals surface area contributed by atoms with E-state index in [1.807, 2.05) is 4.90 Å². The summed E-state index contributed by atoms with van der Waals surface area (Å²) in [5.41, 5.74) is 0.652. The molecule has 0 spiro atoms. The van der Waals surface area contributed by atoms with Crippen LogP contribution >= 0.6 is 0 Å². The van der Waals surface area contributed by atoms with Crippen LogP contribution in [-0.2, 0) is 0 Å². The normalized spacial score (nSPS) is 15.6. The van der Waals surface area contributed by atoms with Crippen molar-refractivity contribution < 1.29 is 13.9 Å². The minimum Gasteiger partial charge on any atom is -0.490 e. The zero-order valence-electron chi connectivity index (χ0n) is 12.1. The molecule has 0 saturated carbocycles. The molecule has 114 valence electrons. The first kappa shape index (κ1) is 14.5. The standard InChI is InChI=1S/C17H17FN2O2/c18-14-2-1-3-16(12-14)22-15-6-10-20(11-7-15)17(21)13-4-8-19-9-5-13/h1-5,8-9,12,15H,6-7,10-11H2. The maximum atomic E-state index is 13.1. The number of rotatable bonds is 3. The van der Waals surface area contributed by atoms with Gasteiger partial charge in [0.15, 0.2) is 0 Å². The monoisotopic (exact) mass is 300 g/mol. The van der Waals surface area contributed by atoms with Crippen LogP contribution in [0.2, 0.25) is 0 Å². The Labute approximate surface area is 128 Å². The SMILES string of the molecule is O=C(c1ccncc1)N1CCC(Oc2cccc(F)c2)CC1. The number of carbonyl (C=O) groups is 1. The highest BCUT2D eigenvalue weighted by molar-refractivity contribution is 5.94. The number of likely N-dealkylation sites (tertiary alicyclic amines) is 1. The molecule has 5 heteroatoms. The van der Waals surface area contributed by atoms with Crippen molar-refractivity contribution in [2.24, 2.45) is 0 Å². The molecule has 0 radical (unpaired) electrons. The fourth-order valence-corrected chi connectivity index (χ4v) is 2.59. The van der Waals surface area contributed by atoms with Gasteiger partial charge in [-0.25, -0.2) is 4.39 Å². The van der Waals surface area contributed by atoms with Gasteiger partial charge in [-0.05, 0) is 24.3 Å². The van der Waals surface area contributed by atoms with Crippen molar-refractivity contribution in [3.8, 4) is 5.75 Å². The van der Waals surface area contributed by atoms with Gasteiger partial charge in [0, 0.05) is 50.0 Å². The largest absolute Gasteiger partial charge is 0.490 e. The molecule has 1 aromatic carbocycles. The summed E-state index contributed by atoms with van der Waals surface area (Å²) in [5.74, 6) is 0.258. The van der Waals surface area contributed by atoms with E-state index in [4.69, 9.17) is 4.74 Å². The molecule has 3 rings (SSSR count). The number of ether oxygens (including phenoxy) is 1. The van der Waals surface area contributed by atoms with E-state index in [9.17, 15) is 9.18 Å². The number of hydrogen-bond donors (Lipinski definition) is 0. The van der Waals surface area contributed by atoms with E-state index in [0.29, 0.717) is 24.4 Å². The van der Waals surface area contributed by atoms with Crippen molar-refractivity contribution >= 4 is 5.91 Å². The lowest BCUT2D eigenvalue weighted by molar-refractivity contribution is 0.0595. The molecule has 22 heavy (non-hydrogen) atoms. The third kappa shape index (κ3) is 3.42. The van der Waals surface area contributed by atoms with E-state index in [-0.39, 0.29) is 17.8 Å². The lowest BCUT2D eigenvalue weighted by Gasteiger charge is -2.32. The lowest BCUT2D eigenvalue weighted by Crippen LogP contribution is -2.41. The van der Waals surface area contributed by atoms with Crippen LogP contribution in [0.3, 0.4) is 0 Å². The maximum Gasteiger partial charge on any atom is 0.253 e. The molecular formula is C17H17FN2O2. The highest BCUT2D eigenvalue weighted by Gasteiger charge is 2.24. The summed E-state index contributed by atoms with van der Waals surface area (Å²) >= 11 is 0. The number of benzene rings is 1. The molecule has 2 aromatic rings. The molecule has 1 amide bonds. The molecule has 1 aliphatic rings. The summed E-state index contributed by atoms with van der Waals surface area (Å²) in [4.78, 5) is 18.1. The molecule has 0 atom stereocenters. The fraction of sp³-hybridized carbons (Fsp3) is 0.294. The summed E-state index contributed by atoms with van der Waals surface area (Å²) in [7, 11) is 0. The van der Waals surface area contributed by atoms with Crippen LogP contribution in [0.5, 0.6) is 5.75 Å². The predicted octanol–water partition coefficient (Wildman–Crippen LogP) is 2.90. The molecule has 0 bridgehead atoms. The number of hydrogen-bond acceptors (Lipinski definition) is 3. The Morgan fingerprint density at radius 3 is 2.59 bits per heavy atom. The Balaban J connectivity index is 1.55. The minimum absolute atomic E-state index is 0.0169. The second-order valence-electron chi connectivity index (χ2n) is 5.30. The Hall–Kier alpha value is -2.43. The van der Waals surface area contributed by atoms with Crippen molar-refractivity contribution in [1.29, 1.82) is 0 Å². The van der Waals surface area contributed by atoms with Crippen molar-refractivity contribution in [3.05, 3.63) is 60.2 Å². The third-order valence-corrected chi connectivity index (χ3v) is 3.76. The topological polar surface area (TPSA) is 42.4 Å². The lowest BCUT2D eigenvalue weighted by atomic mass is 10.1. The molecule has 2 heterocycles. The molecule has 0 unspecified atom stereocenters. The summed E-state index contributed by atoms with van der Waals surface area (Å²) in [5, 5.41) is 0. The molecule has 1 aromatic heterocycles. The van der Waals surface area contributed by atoms with Gasteiger partial charge in [-0.15, -0.1) is 0 Å². The molecule has 0 aliphatic carbocycles. The Morgan fingerprint density at radius 1 is 1.18 bits per heavy atom. The highest BCUT2D eigenvalue weighted by Crippen LogP contribution is 2.20. The van der Waals surface area contributed by atoms with Gasteiger partial charge in [0.05, 0.1) is 0 Å². The quantitative estimate of drug-likeness (QED) is 0.875. The van der Waals surface area contributed by atoms with E-state index in [1.165, 1.54) is 12.1 Å². The van der Waals surface area contributed by atoms with Gasteiger partial charge in [0.1, 0.15) is 17.7 Å². The molecular weight excluding hydrogens is 283 g/mol. The minimum atomic E-state index is -0.303. The zero-order chi connectivity index (χ0) is 15.4. The van der Waals surface area contributed by atoms with Crippen LogP contribution in [0.4, 0.5) is 4.39 Å². The second kappa shape index (κ2) is 6.56.